The van der Waals surface area contributed by atoms with E-state index in [4.69, 9.17) is 9.47 Å². The fourth-order valence-corrected chi connectivity index (χ4v) is 8.88. The molecule has 0 aliphatic rings. The number of allylic oxidation sites excluding steroid dienone is 1. The third kappa shape index (κ3) is 43.6. The maximum atomic E-state index is 12.6. The summed E-state index contributed by atoms with van der Waals surface area (Å²) in [6.45, 7) is 17.1. The number of rotatable bonds is 48. The van der Waals surface area contributed by atoms with Crippen LogP contribution >= 0.6 is 0 Å². The molecule has 0 amide bonds. The zero-order valence-corrected chi connectivity index (χ0v) is 42.4. The molecule has 0 N–H and O–H groups in total. The van der Waals surface area contributed by atoms with Gasteiger partial charge < -0.3 is 19.3 Å². The molecule has 0 bridgehead atoms. The molecule has 0 aromatic carbocycles. The molecule has 0 aliphatic carbocycles. The Morgan fingerprint density at radius 3 is 1.34 bits per heavy atom. The predicted molar refractivity (Wildman–Crippen MR) is 266 cm³/mol. The first-order chi connectivity index (χ1) is 29.7. The van der Waals surface area contributed by atoms with E-state index in [1.165, 1.54) is 206 Å². The van der Waals surface area contributed by atoms with Gasteiger partial charge >= 0.3 is 11.9 Å². The smallest absolute Gasteiger partial charge is 0.306 e. The molecule has 0 aromatic heterocycles. The highest BCUT2D eigenvalue weighted by Gasteiger charge is 2.15. The highest BCUT2D eigenvalue weighted by atomic mass is 16.5. The maximum absolute atomic E-state index is 12.6. The standard InChI is InChI=1S/C55H108N2O4/c1-8-12-16-26-37-52(38-27-17-13-9-2)41-36-48-60-54(58)42-30-22-20-24-32-45-57(47-35-34-44-56(6)7)46-33-25-21-23-31-43-55(59)61-50-51(5)49-53(39-28-18-14-10-3)40-29-19-15-11-4/h36,41,51-53H,8-35,37-40,42-50H2,1-7H3/b41-36-. The van der Waals surface area contributed by atoms with Crippen LogP contribution in [0.4, 0.5) is 0 Å². The van der Waals surface area contributed by atoms with Crippen LogP contribution in [0.15, 0.2) is 12.2 Å². The number of nitrogens with zero attached hydrogens (tertiary/aromatic N) is 2. The van der Waals surface area contributed by atoms with Crippen molar-refractivity contribution in [3.8, 4) is 0 Å². The summed E-state index contributed by atoms with van der Waals surface area (Å²) in [5.74, 6) is 1.84. The van der Waals surface area contributed by atoms with Gasteiger partial charge in [-0.05, 0) is 116 Å². The molecule has 1 atom stereocenters. The molecule has 0 rings (SSSR count). The Labute approximate surface area is 382 Å². The Morgan fingerprint density at radius 2 is 0.869 bits per heavy atom. The average molecular weight is 861 g/mol. The molecule has 0 spiro atoms. The third-order valence-electron chi connectivity index (χ3n) is 12.8. The molecule has 61 heavy (non-hydrogen) atoms. The minimum Gasteiger partial charge on any atom is -0.465 e. The van der Waals surface area contributed by atoms with E-state index in [-0.39, 0.29) is 11.9 Å². The molecule has 6 heteroatoms. The predicted octanol–water partition coefficient (Wildman–Crippen LogP) is 16.1. The number of carbonyl (C=O) groups excluding carboxylic acids is 2. The van der Waals surface area contributed by atoms with Gasteiger partial charge in [-0.2, -0.15) is 0 Å². The highest BCUT2D eigenvalue weighted by Crippen LogP contribution is 2.26. The fraction of sp³-hybridized carbons (Fsp3) is 0.927. The first-order valence-electron chi connectivity index (χ1n) is 27.1. The normalized spacial score (nSPS) is 12.5. The van der Waals surface area contributed by atoms with Crippen LogP contribution in [-0.4, -0.2) is 75.2 Å². The summed E-state index contributed by atoms with van der Waals surface area (Å²) in [7, 11) is 4.33. The number of hydrogen-bond acceptors (Lipinski definition) is 6. The molecular weight excluding hydrogens is 753 g/mol. The summed E-state index contributed by atoms with van der Waals surface area (Å²) < 4.78 is 11.3. The van der Waals surface area contributed by atoms with Crippen LogP contribution in [0.25, 0.3) is 0 Å². The van der Waals surface area contributed by atoms with E-state index >= 15 is 0 Å². The van der Waals surface area contributed by atoms with E-state index in [0.29, 0.717) is 37.9 Å². The molecule has 0 saturated heterocycles. The van der Waals surface area contributed by atoms with E-state index in [2.05, 4.69) is 70.7 Å². The monoisotopic (exact) mass is 861 g/mol. The van der Waals surface area contributed by atoms with Gasteiger partial charge in [0.1, 0.15) is 6.61 Å². The van der Waals surface area contributed by atoms with Gasteiger partial charge in [-0.25, -0.2) is 0 Å². The van der Waals surface area contributed by atoms with Crippen LogP contribution in [0.5, 0.6) is 0 Å². The topological polar surface area (TPSA) is 59.1 Å². The number of ether oxygens (including phenoxy) is 2. The van der Waals surface area contributed by atoms with Crippen molar-refractivity contribution in [3.63, 3.8) is 0 Å². The van der Waals surface area contributed by atoms with E-state index < -0.39 is 0 Å². The zero-order valence-electron chi connectivity index (χ0n) is 42.4. The molecule has 0 saturated carbocycles. The van der Waals surface area contributed by atoms with Gasteiger partial charge in [-0.15, -0.1) is 0 Å². The minimum atomic E-state index is -0.0407. The quantitative estimate of drug-likeness (QED) is 0.0345. The molecule has 0 aliphatic heterocycles. The average Bonchev–Trinajstić information content (AvgIpc) is 3.24. The van der Waals surface area contributed by atoms with Crippen LogP contribution in [-0.2, 0) is 19.1 Å². The number of esters is 2. The van der Waals surface area contributed by atoms with Gasteiger partial charge in [0.25, 0.3) is 0 Å². The Balaban J connectivity index is 4.31. The van der Waals surface area contributed by atoms with Crippen molar-refractivity contribution in [3.05, 3.63) is 12.2 Å². The summed E-state index contributed by atoms with van der Waals surface area (Å²) in [6.07, 6.45) is 47.2. The summed E-state index contributed by atoms with van der Waals surface area (Å²) in [5, 5.41) is 0. The zero-order chi connectivity index (χ0) is 44.9. The van der Waals surface area contributed by atoms with Crippen molar-refractivity contribution in [1.29, 1.82) is 0 Å². The first-order valence-corrected chi connectivity index (χ1v) is 27.1. The summed E-state index contributed by atoms with van der Waals surface area (Å²) in [5.41, 5.74) is 0. The van der Waals surface area contributed by atoms with Crippen LogP contribution < -0.4 is 0 Å². The Bertz CT molecular complexity index is 930. The van der Waals surface area contributed by atoms with Crippen LogP contribution in [0.2, 0.25) is 0 Å². The van der Waals surface area contributed by atoms with E-state index in [1.807, 2.05) is 0 Å². The lowest BCUT2D eigenvalue weighted by Crippen LogP contribution is -2.28. The maximum Gasteiger partial charge on any atom is 0.306 e. The Morgan fingerprint density at radius 1 is 0.475 bits per heavy atom. The van der Waals surface area contributed by atoms with Crippen molar-refractivity contribution < 1.29 is 19.1 Å². The molecule has 0 radical (unpaired) electrons. The van der Waals surface area contributed by atoms with Crippen LogP contribution in [0.3, 0.4) is 0 Å². The first kappa shape index (κ1) is 59.6. The number of unbranched alkanes of at least 4 members (excludes halogenated alkanes) is 21. The van der Waals surface area contributed by atoms with Crippen molar-refractivity contribution >= 4 is 11.9 Å². The minimum absolute atomic E-state index is 0.00556. The van der Waals surface area contributed by atoms with E-state index in [9.17, 15) is 9.59 Å². The lowest BCUT2D eigenvalue weighted by Gasteiger charge is -2.23. The largest absolute Gasteiger partial charge is 0.465 e. The molecule has 6 nitrogen and oxygen atoms in total. The second kappa shape index (κ2) is 46.6. The molecule has 0 aromatic rings. The SMILES string of the molecule is CCCCCCC(/C=C\COC(=O)CCCCCCCN(CCCCCCCC(=O)OCC(C)CC(CCCCCC)CCCCCC)CCCCN(C)C)CCCCCC. The fourth-order valence-electron chi connectivity index (χ4n) is 8.88. The number of hydrogen-bond donors (Lipinski definition) is 0. The molecule has 1 unspecified atom stereocenters. The second-order valence-electron chi connectivity index (χ2n) is 19.5. The Kier molecular flexibility index (Phi) is 45.5. The van der Waals surface area contributed by atoms with Gasteiger partial charge in [0, 0.05) is 12.8 Å². The summed E-state index contributed by atoms with van der Waals surface area (Å²) >= 11 is 0. The molecule has 362 valence electrons. The van der Waals surface area contributed by atoms with Crippen LogP contribution in [0, 0.1) is 17.8 Å². The Hall–Kier alpha value is -1.40. The molecule has 0 fully saturated rings. The van der Waals surface area contributed by atoms with Crippen molar-refractivity contribution in [1.82, 2.24) is 9.80 Å². The van der Waals surface area contributed by atoms with Gasteiger partial charge in [0.15, 0.2) is 0 Å². The van der Waals surface area contributed by atoms with E-state index in [0.717, 1.165) is 38.1 Å². The molecular formula is C55H108N2O4. The van der Waals surface area contributed by atoms with Gasteiger partial charge in [0.2, 0.25) is 0 Å². The number of carbonyl (C=O) groups is 2. The van der Waals surface area contributed by atoms with E-state index in [1.54, 1.807) is 0 Å². The second-order valence-corrected chi connectivity index (χ2v) is 19.5. The lowest BCUT2D eigenvalue weighted by molar-refractivity contribution is -0.145. The lowest BCUT2D eigenvalue weighted by atomic mass is 9.87. The summed E-state index contributed by atoms with van der Waals surface area (Å²) in [4.78, 5) is 30.0. The van der Waals surface area contributed by atoms with Gasteiger partial charge in [0.05, 0.1) is 6.61 Å². The summed E-state index contributed by atoms with van der Waals surface area (Å²) in [6, 6.07) is 0. The van der Waals surface area contributed by atoms with Crippen molar-refractivity contribution in [2.24, 2.45) is 17.8 Å². The van der Waals surface area contributed by atoms with Crippen molar-refractivity contribution in [2.45, 2.75) is 259 Å². The molecule has 0 heterocycles. The van der Waals surface area contributed by atoms with Crippen LogP contribution in [0.1, 0.15) is 259 Å². The van der Waals surface area contributed by atoms with Crippen molar-refractivity contribution in [2.75, 3.05) is 53.5 Å². The highest BCUT2D eigenvalue weighted by molar-refractivity contribution is 5.69. The van der Waals surface area contributed by atoms with Gasteiger partial charge in [-0.3, -0.25) is 9.59 Å². The van der Waals surface area contributed by atoms with Gasteiger partial charge in [-0.1, -0.05) is 201 Å². The third-order valence-corrected chi connectivity index (χ3v) is 12.8.